The third kappa shape index (κ3) is 8.04. The zero-order chi connectivity index (χ0) is 48.6. The Morgan fingerprint density at radius 1 is 0.557 bits per heavy atom. The monoisotopic (exact) mass is 808 g/mol. The second-order valence-corrected chi connectivity index (χ2v) is 19.5. The van der Waals surface area contributed by atoms with Gasteiger partial charge in [-0.3, -0.25) is 9.55 Å². The van der Waals surface area contributed by atoms with Crippen LogP contribution < -0.4 is 0 Å². The summed E-state index contributed by atoms with van der Waals surface area (Å²) in [5.74, 6) is 0.446. The molecular formula is C57H59N3O. The van der Waals surface area contributed by atoms with Gasteiger partial charge in [0.05, 0.1) is 22.3 Å². The second kappa shape index (κ2) is 15.3. The van der Waals surface area contributed by atoms with Gasteiger partial charge in [0.15, 0.2) is 0 Å². The molecule has 0 amide bonds. The summed E-state index contributed by atoms with van der Waals surface area (Å²) in [6.45, 7) is 15.7. The van der Waals surface area contributed by atoms with Gasteiger partial charge in [-0.15, -0.1) is 0 Å². The zero-order valence-electron chi connectivity index (χ0n) is 43.0. The molecule has 0 saturated carbocycles. The highest BCUT2D eigenvalue weighted by Gasteiger charge is 2.29. The Labute approximate surface area is 371 Å². The van der Waals surface area contributed by atoms with Crippen LogP contribution in [0.3, 0.4) is 0 Å². The minimum atomic E-state index is -2.80. The number of aromatic hydroxyl groups is 1. The smallest absolute Gasteiger partial charge is 0.149 e. The molecule has 8 aromatic rings. The van der Waals surface area contributed by atoms with Crippen LogP contribution in [0.5, 0.6) is 5.75 Å². The Hall–Kier alpha value is -6.26. The molecule has 2 heterocycles. The van der Waals surface area contributed by atoms with Crippen molar-refractivity contribution in [3.8, 4) is 67.5 Å². The fraction of sp³-hybridized carbons (Fsp3) is 0.263. The minimum absolute atomic E-state index is 0.0635. The summed E-state index contributed by atoms with van der Waals surface area (Å²) in [4.78, 5) is 10.4. The van der Waals surface area contributed by atoms with Crippen molar-refractivity contribution in [2.45, 2.75) is 99.2 Å². The Bertz CT molecular complexity index is 3160. The van der Waals surface area contributed by atoms with Gasteiger partial charge in [0.1, 0.15) is 11.6 Å². The average Bonchev–Trinajstić information content (AvgIpc) is 3.64. The topological polar surface area (TPSA) is 50.9 Å². The molecule has 0 saturated heterocycles. The zero-order valence-corrected chi connectivity index (χ0v) is 37.0. The Morgan fingerprint density at radius 3 is 1.93 bits per heavy atom. The van der Waals surface area contributed by atoms with Gasteiger partial charge in [0.2, 0.25) is 0 Å². The van der Waals surface area contributed by atoms with Crippen LogP contribution in [-0.2, 0) is 16.2 Å². The third-order valence-electron chi connectivity index (χ3n) is 11.7. The van der Waals surface area contributed by atoms with Crippen molar-refractivity contribution in [1.29, 1.82) is 0 Å². The lowest BCUT2D eigenvalue weighted by atomic mass is 9.79. The minimum Gasteiger partial charge on any atom is -0.507 e. The first kappa shape index (κ1) is 34.5. The van der Waals surface area contributed by atoms with E-state index < -0.39 is 19.1 Å². The maximum absolute atomic E-state index is 12.5. The molecule has 0 unspecified atom stereocenters. The molecule has 8 rings (SSSR count). The SMILES string of the molecule is [2H]C([2H])([2H])c1cc(-n2c(-c3cc(C(C)(C)C)cc(C(C)(C)C)c3O)nc3c(-c4cc(-c5cc(-c6ccc(C)cc6)ccn5)cc(C(C)(C)C)c4)cccc32)cc(-c2ccccc2)c1C([2H])([2H])[2H]. The summed E-state index contributed by atoms with van der Waals surface area (Å²) in [6.07, 6.45) is 1.85. The molecule has 0 aliphatic rings. The predicted octanol–water partition coefficient (Wildman–Crippen LogP) is 15.3. The molecule has 4 heteroatoms. The number of aromatic nitrogens is 3. The van der Waals surface area contributed by atoms with Crippen molar-refractivity contribution in [2.24, 2.45) is 0 Å². The summed E-state index contributed by atoms with van der Waals surface area (Å²) in [6, 6.07) is 41.4. The first-order chi connectivity index (χ1) is 31.2. The number of imidazole rings is 1. The van der Waals surface area contributed by atoms with Gasteiger partial charge < -0.3 is 5.11 Å². The quantitative estimate of drug-likeness (QED) is 0.182. The number of hydrogen-bond acceptors (Lipinski definition) is 3. The number of benzene rings is 6. The molecule has 0 aliphatic heterocycles. The van der Waals surface area contributed by atoms with Crippen molar-refractivity contribution >= 4 is 11.0 Å². The van der Waals surface area contributed by atoms with Crippen molar-refractivity contribution < 1.29 is 13.3 Å². The summed E-state index contributed by atoms with van der Waals surface area (Å²) < 4.78 is 54.3. The molecule has 61 heavy (non-hydrogen) atoms. The van der Waals surface area contributed by atoms with Crippen molar-refractivity contribution in [3.05, 3.63) is 167 Å². The fourth-order valence-electron chi connectivity index (χ4n) is 8.06. The molecule has 0 radical (unpaired) electrons. The molecule has 308 valence electrons. The Kier molecular flexibility index (Phi) is 8.66. The van der Waals surface area contributed by atoms with Gasteiger partial charge in [-0.2, -0.15) is 0 Å². The molecule has 2 aromatic heterocycles. The van der Waals surface area contributed by atoms with Gasteiger partial charge in [-0.05, 0) is 135 Å². The van der Waals surface area contributed by atoms with Crippen LogP contribution in [0.1, 0.15) is 104 Å². The van der Waals surface area contributed by atoms with Gasteiger partial charge in [0.25, 0.3) is 0 Å². The molecule has 4 nitrogen and oxygen atoms in total. The number of rotatable bonds is 6. The van der Waals surface area contributed by atoms with Crippen molar-refractivity contribution in [1.82, 2.24) is 14.5 Å². The van der Waals surface area contributed by atoms with Crippen LogP contribution >= 0.6 is 0 Å². The lowest BCUT2D eigenvalue weighted by molar-refractivity contribution is 0.446. The number of fused-ring (bicyclic) bond motifs is 1. The molecular weight excluding hydrogens is 743 g/mol. The van der Waals surface area contributed by atoms with Gasteiger partial charge >= 0.3 is 0 Å². The van der Waals surface area contributed by atoms with Gasteiger partial charge in [-0.1, -0.05) is 147 Å². The van der Waals surface area contributed by atoms with Crippen LogP contribution in [0, 0.1) is 20.6 Å². The lowest BCUT2D eigenvalue weighted by Gasteiger charge is -2.27. The largest absolute Gasteiger partial charge is 0.507 e. The summed E-state index contributed by atoms with van der Waals surface area (Å²) in [7, 11) is 0. The predicted molar refractivity (Wildman–Crippen MR) is 258 cm³/mol. The van der Waals surface area contributed by atoms with E-state index in [2.05, 4.69) is 124 Å². The van der Waals surface area contributed by atoms with E-state index in [1.54, 1.807) is 18.2 Å². The van der Waals surface area contributed by atoms with E-state index in [1.165, 1.54) is 11.6 Å². The maximum atomic E-state index is 12.5. The van der Waals surface area contributed by atoms with E-state index in [1.807, 2.05) is 59.3 Å². The van der Waals surface area contributed by atoms with Gasteiger partial charge in [0, 0.05) is 36.8 Å². The number of pyridine rings is 1. The molecule has 0 aliphatic carbocycles. The molecule has 0 bridgehead atoms. The van der Waals surface area contributed by atoms with Crippen molar-refractivity contribution in [3.63, 3.8) is 0 Å². The number of aryl methyl sites for hydroxylation is 2. The lowest BCUT2D eigenvalue weighted by Crippen LogP contribution is -2.17. The number of hydrogen-bond donors (Lipinski definition) is 1. The van der Waals surface area contributed by atoms with E-state index >= 15 is 0 Å². The van der Waals surface area contributed by atoms with Crippen molar-refractivity contribution in [2.75, 3.05) is 0 Å². The van der Waals surface area contributed by atoms with E-state index in [0.29, 0.717) is 33.7 Å². The van der Waals surface area contributed by atoms with Crippen LogP contribution in [0.4, 0.5) is 0 Å². The van der Waals surface area contributed by atoms with E-state index in [-0.39, 0.29) is 33.3 Å². The average molecular weight is 808 g/mol. The third-order valence-corrected chi connectivity index (χ3v) is 11.7. The molecule has 0 atom stereocenters. The van der Waals surface area contributed by atoms with Crippen LogP contribution in [0.25, 0.3) is 72.7 Å². The number of para-hydroxylation sites is 1. The molecule has 1 N–H and O–H groups in total. The second-order valence-electron chi connectivity index (χ2n) is 19.5. The number of phenolic OH excluding ortho intramolecular Hbond substituents is 1. The standard InChI is InChI=1S/C57H59N3O/c1-35-21-23-38(24-22-35)40-25-26-58-50(31-40)42-28-41(29-43(30-42)55(4,5)6)46-19-16-20-51-52(46)59-54(48-32-44(56(7,8)9)33-49(53(48)61)57(10,11)12)60(51)45-27-36(2)37(3)47(34-45)39-17-14-13-15-18-39/h13-34,61H,1-12H3/i2D3,3D3. The van der Waals surface area contributed by atoms with E-state index in [9.17, 15) is 5.11 Å². The highest BCUT2D eigenvalue weighted by atomic mass is 16.3. The normalized spacial score (nSPS) is 14.2. The molecule has 0 spiro atoms. The van der Waals surface area contributed by atoms with Gasteiger partial charge in [-0.25, -0.2) is 4.98 Å². The molecule has 0 fully saturated rings. The van der Waals surface area contributed by atoms with E-state index in [4.69, 9.17) is 18.2 Å². The Balaban J connectivity index is 1.49. The highest BCUT2D eigenvalue weighted by Crippen LogP contribution is 2.45. The maximum Gasteiger partial charge on any atom is 0.149 e. The first-order valence-corrected chi connectivity index (χ1v) is 21.0. The summed E-state index contributed by atoms with van der Waals surface area (Å²) >= 11 is 0. The number of phenols is 1. The summed E-state index contributed by atoms with van der Waals surface area (Å²) in [5.41, 5.74) is 11.1. The van der Waals surface area contributed by atoms with E-state index in [0.717, 1.165) is 50.2 Å². The van der Waals surface area contributed by atoms with Crippen LogP contribution in [0.15, 0.2) is 134 Å². The fourth-order valence-corrected chi connectivity index (χ4v) is 8.06. The number of nitrogens with zero attached hydrogens (tertiary/aromatic N) is 3. The Morgan fingerprint density at radius 2 is 1.26 bits per heavy atom. The molecule has 6 aromatic carbocycles. The first-order valence-electron chi connectivity index (χ1n) is 24.0. The summed E-state index contributed by atoms with van der Waals surface area (Å²) in [5, 5.41) is 12.5. The van der Waals surface area contributed by atoms with Crippen LogP contribution in [0.2, 0.25) is 0 Å². The van der Waals surface area contributed by atoms with Crippen LogP contribution in [-0.4, -0.2) is 19.6 Å². The highest BCUT2D eigenvalue weighted by molar-refractivity contribution is 5.97.